The molecule has 0 amide bonds. The first-order valence-electron chi connectivity index (χ1n) is 22.4. The van der Waals surface area contributed by atoms with Crippen LogP contribution in [0.25, 0.3) is 12.2 Å². The summed E-state index contributed by atoms with van der Waals surface area (Å²) >= 11 is 0. The Hall–Kier alpha value is -3.64. The van der Waals surface area contributed by atoms with E-state index in [9.17, 15) is 0 Å². The molecule has 0 bridgehead atoms. The van der Waals surface area contributed by atoms with Crippen molar-refractivity contribution in [2.75, 3.05) is 0 Å². The van der Waals surface area contributed by atoms with Crippen LogP contribution in [0, 0.1) is 0 Å². The zero-order chi connectivity index (χ0) is 41.3. The van der Waals surface area contributed by atoms with E-state index in [4.69, 9.17) is 0 Å². The molecule has 2 aromatic carbocycles. The van der Waals surface area contributed by atoms with E-state index in [1.165, 1.54) is 112 Å². The second-order valence-corrected chi connectivity index (χ2v) is 13.7. The zero-order valence-electron chi connectivity index (χ0n) is 37.6. The Morgan fingerprint density at radius 1 is 0.357 bits per heavy atom. The third-order valence-corrected chi connectivity index (χ3v) is 8.63. The van der Waals surface area contributed by atoms with Crippen molar-refractivity contribution in [3.63, 3.8) is 0 Å². The Balaban J connectivity index is -0.000000280. The van der Waals surface area contributed by atoms with Gasteiger partial charge in [-0.1, -0.05) is 299 Å². The quantitative estimate of drug-likeness (QED) is 0.158. The molecule has 0 aliphatic heterocycles. The SMILES string of the molecule is C.C1=CCC=C1.C1=CCC=C1.C1=CCC=C1.C=Cc1ccc(CC)cc1.C=Cc1ccc(CC)cc1.CCCC.CCCCCCCC.CCCCCCCC. The number of unbranched alkanes of at least 4 members (excludes halogenated alkanes) is 11. The smallest absolute Gasteiger partial charge is 0.0163 e. The summed E-state index contributed by atoms with van der Waals surface area (Å²) in [7, 11) is 0. The lowest BCUT2D eigenvalue weighted by atomic mass is 10.1. The number of hydrogen-bond donors (Lipinski definition) is 0. The minimum atomic E-state index is 0. The Kier molecular flexibility index (Phi) is 56.4. The van der Waals surface area contributed by atoms with E-state index in [-0.39, 0.29) is 7.43 Å². The van der Waals surface area contributed by atoms with E-state index in [0.717, 1.165) is 32.1 Å². The number of rotatable bonds is 15. The fourth-order valence-electron chi connectivity index (χ4n) is 4.66. The summed E-state index contributed by atoms with van der Waals surface area (Å²) in [6, 6.07) is 16.9. The van der Waals surface area contributed by atoms with Crippen LogP contribution in [-0.2, 0) is 12.8 Å². The van der Waals surface area contributed by atoms with Crippen LogP contribution < -0.4 is 0 Å². The van der Waals surface area contributed by atoms with Crippen LogP contribution in [0.15, 0.2) is 135 Å². The molecular weight excluding hydrogens is 673 g/mol. The molecule has 316 valence electrons. The maximum absolute atomic E-state index is 3.69. The molecule has 0 saturated carbocycles. The van der Waals surface area contributed by atoms with Gasteiger partial charge in [-0.05, 0) is 54.4 Å². The second-order valence-electron chi connectivity index (χ2n) is 13.7. The molecule has 0 spiro atoms. The van der Waals surface area contributed by atoms with E-state index in [2.05, 4.69) is 190 Å². The number of hydrogen-bond acceptors (Lipinski definition) is 0. The molecule has 3 aliphatic rings. The lowest BCUT2D eigenvalue weighted by Gasteiger charge is -1.95. The van der Waals surface area contributed by atoms with Gasteiger partial charge in [0, 0.05) is 0 Å². The van der Waals surface area contributed by atoms with Gasteiger partial charge in [0.2, 0.25) is 0 Å². The molecule has 0 heterocycles. The number of allylic oxidation sites excluding steroid dienone is 12. The van der Waals surface area contributed by atoms with Crippen molar-refractivity contribution in [2.45, 2.75) is 185 Å². The molecule has 0 saturated heterocycles. The summed E-state index contributed by atoms with van der Waals surface area (Å²) in [4.78, 5) is 0. The van der Waals surface area contributed by atoms with E-state index in [1.54, 1.807) is 0 Å². The monoisotopic (exact) mass is 765 g/mol. The summed E-state index contributed by atoms with van der Waals surface area (Å²) in [6.07, 6.45) is 54.1. The number of benzene rings is 2. The molecular formula is C56H92. The molecule has 0 unspecified atom stereocenters. The lowest BCUT2D eigenvalue weighted by molar-refractivity contribution is 0.624. The van der Waals surface area contributed by atoms with Crippen molar-refractivity contribution in [3.8, 4) is 0 Å². The minimum Gasteiger partial charge on any atom is -0.0985 e. The van der Waals surface area contributed by atoms with Gasteiger partial charge in [-0.15, -0.1) is 0 Å². The standard InChI is InChI=1S/2C10H12.2C8H18.3C5H6.C4H10.CH4/c2*1-3-9-5-7-10(4-2)8-6-9;2*1-3-5-7-8-6-4-2;3*1-2-4-5-3-1;1-3-4-2;/h2*3,5-8H,1,4H2,2H3;2*3-8H2,1-2H3;3*1-4H,5H2;3-4H2,1-2H3;1H4. The average molecular weight is 765 g/mol. The molecule has 0 nitrogen and oxygen atoms in total. The van der Waals surface area contributed by atoms with Crippen LogP contribution >= 0.6 is 0 Å². The fraction of sp³-hybridized carbons (Fsp3) is 0.500. The second kappa shape index (κ2) is 53.5. The lowest BCUT2D eigenvalue weighted by Crippen LogP contribution is -1.78. The topological polar surface area (TPSA) is 0 Å². The summed E-state index contributed by atoms with van der Waals surface area (Å²) in [5, 5.41) is 0. The first-order valence-corrected chi connectivity index (χ1v) is 22.4. The molecule has 0 radical (unpaired) electrons. The van der Waals surface area contributed by atoms with Gasteiger partial charge < -0.3 is 0 Å². The van der Waals surface area contributed by atoms with Gasteiger partial charge >= 0.3 is 0 Å². The van der Waals surface area contributed by atoms with Crippen molar-refractivity contribution < 1.29 is 0 Å². The highest BCUT2D eigenvalue weighted by molar-refractivity contribution is 5.47. The molecule has 0 atom stereocenters. The van der Waals surface area contributed by atoms with Crippen molar-refractivity contribution in [3.05, 3.63) is 157 Å². The van der Waals surface area contributed by atoms with Gasteiger partial charge in [-0.3, -0.25) is 0 Å². The Bertz CT molecular complexity index is 1050. The van der Waals surface area contributed by atoms with Crippen LogP contribution in [0.3, 0.4) is 0 Å². The van der Waals surface area contributed by atoms with Crippen molar-refractivity contribution in [1.29, 1.82) is 0 Å². The third kappa shape index (κ3) is 48.4. The van der Waals surface area contributed by atoms with Crippen LogP contribution in [0.2, 0.25) is 0 Å². The molecule has 2 aromatic rings. The van der Waals surface area contributed by atoms with Crippen molar-refractivity contribution in [1.82, 2.24) is 0 Å². The Morgan fingerprint density at radius 2 is 0.589 bits per heavy atom. The minimum absolute atomic E-state index is 0. The van der Waals surface area contributed by atoms with Crippen LogP contribution in [0.1, 0.15) is 194 Å². The molecule has 0 heteroatoms. The molecule has 0 aromatic heterocycles. The van der Waals surface area contributed by atoms with Gasteiger partial charge in [0.1, 0.15) is 0 Å². The van der Waals surface area contributed by atoms with Crippen molar-refractivity contribution >= 4 is 12.2 Å². The molecule has 0 N–H and O–H groups in total. The molecule has 0 fully saturated rings. The van der Waals surface area contributed by atoms with Gasteiger partial charge in [-0.25, -0.2) is 0 Å². The maximum atomic E-state index is 3.69. The largest absolute Gasteiger partial charge is 0.0985 e. The van der Waals surface area contributed by atoms with Gasteiger partial charge in [0.25, 0.3) is 0 Å². The van der Waals surface area contributed by atoms with E-state index in [0.29, 0.717) is 0 Å². The summed E-state index contributed by atoms with van der Waals surface area (Å²) in [6.45, 7) is 25.1. The van der Waals surface area contributed by atoms with E-state index >= 15 is 0 Å². The first kappa shape index (κ1) is 59.1. The van der Waals surface area contributed by atoms with E-state index in [1.807, 2.05) is 12.2 Å². The van der Waals surface area contributed by atoms with Gasteiger partial charge in [-0.2, -0.15) is 0 Å². The average Bonchev–Trinajstić information content (AvgIpc) is 4.11. The van der Waals surface area contributed by atoms with Crippen molar-refractivity contribution in [2.24, 2.45) is 0 Å². The summed E-state index contributed by atoms with van der Waals surface area (Å²) < 4.78 is 0. The van der Waals surface area contributed by atoms with Gasteiger partial charge in [0.15, 0.2) is 0 Å². The first-order chi connectivity index (χ1) is 27.0. The number of aryl methyl sites for hydroxylation is 2. The summed E-state index contributed by atoms with van der Waals surface area (Å²) in [5.74, 6) is 0. The van der Waals surface area contributed by atoms with Crippen LogP contribution in [-0.4, -0.2) is 0 Å². The highest BCUT2D eigenvalue weighted by Gasteiger charge is 1.88. The Labute approximate surface area is 352 Å². The predicted octanol–water partition coefficient (Wildman–Crippen LogP) is 19.5. The van der Waals surface area contributed by atoms with Crippen LogP contribution in [0.5, 0.6) is 0 Å². The maximum Gasteiger partial charge on any atom is -0.0163 e. The highest BCUT2D eigenvalue weighted by Crippen LogP contribution is 2.07. The normalized spacial score (nSPS) is 11.4. The molecule has 56 heavy (non-hydrogen) atoms. The molecule has 5 rings (SSSR count). The predicted molar refractivity (Wildman–Crippen MR) is 266 cm³/mol. The highest BCUT2D eigenvalue weighted by atomic mass is 13.9. The van der Waals surface area contributed by atoms with Gasteiger partial charge in [0.05, 0.1) is 0 Å². The molecule has 3 aliphatic carbocycles. The fourth-order valence-corrected chi connectivity index (χ4v) is 4.66. The van der Waals surface area contributed by atoms with E-state index < -0.39 is 0 Å². The van der Waals surface area contributed by atoms with Crippen LogP contribution in [0.4, 0.5) is 0 Å². The third-order valence-electron chi connectivity index (χ3n) is 8.63. The summed E-state index contributed by atoms with van der Waals surface area (Å²) in [5.41, 5.74) is 5.14. The zero-order valence-corrected chi connectivity index (χ0v) is 37.6. The Morgan fingerprint density at radius 3 is 0.714 bits per heavy atom.